The van der Waals surface area contributed by atoms with Gasteiger partial charge < -0.3 is 19.9 Å². The van der Waals surface area contributed by atoms with Gasteiger partial charge in [-0.25, -0.2) is 0 Å². The number of ether oxygens (including phenoxy) is 1. The molecular weight excluding hydrogens is 330 g/mol. The van der Waals surface area contributed by atoms with E-state index in [4.69, 9.17) is 16.3 Å². The van der Waals surface area contributed by atoms with Gasteiger partial charge in [0.25, 0.3) is 11.8 Å². The van der Waals surface area contributed by atoms with E-state index in [1.54, 1.807) is 17.0 Å². The molecule has 1 aromatic carbocycles. The fourth-order valence-corrected chi connectivity index (χ4v) is 2.77. The second kappa shape index (κ2) is 9.01. The molecular formula is C17H25ClN3O3+. The van der Waals surface area contributed by atoms with Crippen molar-refractivity contribution < 1.29 is 19.2 Å². The molecule has 2 N–H and O–H groups in total. The topological polar surface area (TPSA) is 63.1 Å². The number of amides is 2. The minimum atomic E-state index is -0.0995. The standard InChI is InChI=1S/C17H24ClN3O3/c1-13(14-3-5-15(18)6-4-14)19-16(22)11-20(2)12-17(23)21-7-9-24-10-8-21/h3-6,13H,7-12H2,1-2H3,(H,19,22)/p+1/t13-/m1/s1. The zero-order chi connectivity index (χ0) is 17.5. The molecule has 7 heteroatoms. The Morgan fingerprint density at radius 1 is 1.25 bits per heavy atom. The van der Waals surface area contributed by atoms with Gasteiger partial charge >= 0.3 is 0 Å². The number of benzene rings is 1. The number of carbonyl (C=O) groups is 2. The van der Waals surface area contributed by atoms with Gasteiger partial charge in [0.1, 0.15) is 0 Å². The van der Waals surface area contributed by atoms with Crippen LogP contribution >= 0.6 is 11.6 Å². The van der Waals surface area contributed by atoms with Gasteiger partial charge in [-0.1, -0.05) is 23.7 Å². The minimum Gasteiger partial charge on any atom is -0.378 e. The predicted octanol–water partition coefficient (Wildman–Crippen LogP) is -0.109. The number of halogens is 1. The number of hydrogen-bond donors (Lipinski definition) is 2. The molecule has 24 heavy (non-hydrogen) atoms. The van der Waals surface area contributed by atoms with E-state index in [9.17, 15) is 9.59 Å². The monoisotopic (exact) mass is 354 g/mol. The Bertz CT molecular complexity index is 559. The molecule has 1 aromatic rings. The number of carbonyl (C=O) groups excluding carboxylic acids is 2. The number of quaternary nitrogens is 1. The van der Waals surface area contributed by atoms with Gasteiger partial charge in [0.05, 0.1) is 26.3 Å². The van der Waals surface area contributed by atoms with Crippen molar-refractivity contribution in [2.45, 2.75) is 13.0 Å². The maximum atomic E-state index is 12.2. The lowest BCUT2D eigenvalue weighted by molar-refractivity contribution is -0.863. The van der Waals surface area contributed by atoms with Crippen molar-refractivity contribution in [3.63, 3.8) is 0 Å². The largest absolute Gasteiger partial charge is 0.378 e. The van der Waals surface area contributed by atoms with E-state index >= 15 is 0 Å². The third-order valence-corrected chi connectivity index (χ3v) is 4.28. The van der Waals surface area contributed by atoms with E-state index < -0.39 is 0 Å². The molecule has 0 radical (unpaired) electrons. The fourth-order valence-electron chi connectivity index (χ4n) is 2.65. The van der Waals surface area contributed by atoms with Gasteiger partial charge in [-0.2, -0.15) is 0 Å². The van der Waals surface area contributed by atoms with Gasteiger partial charge in [0.2, 0.25) is 0 Å². The highest BCUT2D eigenvalue weighted by Gasteiger charge is 2.22. The number of nitrogens with one attached hydrogen (secondary N) is 2. The number of likely N-dealkylation sites (N-methyl/N-ethyl adjacent to an activating group) is 1. The summed E-state index contributed by atoms with van der Waals surface area (Å²) in [5.41, 5.74) is 0.995. The van der Waals surface area contributed by atoms with E-state index in [-0.39, 0.29) is 24.4 Å². The van der Waals surface area contributed by atoms with Crippen LogP contribution in [0.5, 0.6) is 0 Å². The summed E-state index contributed by atoms with van der Waals surface area (Å²) in [6, 6.07) is 7.30. The molecule has 1 heterocycles. The van der Waals surface area contributed by atoms with Gasteiger partial charge in [0, 0.05) is 18.1 Å². The smallest absolute Gasteiger partial charge is 0.277 e. The van der Waals surface area contributed by atoms with Crippen molar-refractivity contribution >= 4 is 23.4 Å². The summed E-state index contributed by atoms with van der Waals surface area (Å²) in [6.07, 6.45) is 0. The summed E-state index contributed by atoms with van der Waals surface area (Å²) < 4.78 is 5.24. The van der Waals surface area contributed by atoms with Crippen LogP contribution in [0.1, 0.15) is 18.5 Å². The average Bonchev–Trinajstić information content (AvgIpc) is 2.55. The molecule has 1 aliphatic rings. The SMILES string of the molecule is C[C@@H](NC(=O)C[NH+](C)CC(=O)N1CCOCC1)c1ccc(Cl)cc1. The first-order valence-electron chi connectivity index (χ1n) is 8.17. The van der Waals surface area contributed by atoms with Gasteiger partial charge in [0.15, 0.2) is 13.1 Å². The van der Waals surface area contributed by atoms with Crippen LogP contribution in [0.3, 0.4) is 0 Å². The summed E-state index contributed by atoms with van der Waals surface area (Å²) in [7, 11) is 1.85. The molecule has 2 amide bonds. The van der Waals surface area contributed by atoms with Crippen molar-refractivity contribution in [2.24, 2.45) is 0 Å². The van der Waals surface area contributed by atoms with Gasteiger partial charge in [-0.3, -0.25) is 9.59 Å². The number of nitrogens with zero attached hydrogens (tertiary/aromatic N) is 1. The molecule has 1 unspecified atom stereocenters. The number of hydrogen-bond acceptors (Lipinski definition) is 3. The van der Waals surface area contributed by atoms with Crippen molar-refractivity contribution in [2.75, 3.05) is 46.4 Å². The third kappa shape index (κ3) is 5.78. The Morgan fingerprint density at radius 2 is 1.88 bits per heavy atom. The molecule has 0 spiro atoms. The first kappa shape index (κ1) is 18.7. The van der Waals surface area contributed by atoms with E-state index in [2.05, 4.69) is 5.32 Å². The molecule has 2 atom stereocenters. The van der Waals surface area contributed by atoms with Crippen molar-refractivity contribution in [3.8, 4) is 0 Å². The van der Waals surface area contributed by atoms with Gasteiger partial charge in [-0.15, -0.1) is 0 Å². The van der Waals surface area contributed by atoms with Crippen LogP contribution in [0.2, 0.25) is 5.02 Å². The second-order valence-electron chi connectivity index (χ2n) is 6.14. The van der Waals surface area contributed by atoms with Gasteiger partial charge in [-0.05, 0) is 24.6 Å². The lowest BCUT2D eigenvalue weighted by Crippen LogP contribution is -3.11. The molecule has 0 saturated carbocycles. The first-order chi connectivity index (χ1) is 11.5. The lowest BCUT2D eigenvalue weighted by atomic mass is 10.1. The van der Waals surface area contributed by atoms with Crippen molar-refractivity contribution in [1.82, 2.24) is 10.2 Å². The van der Waals surface area contributed by atoms with Crippen LogP contribution < -0.4 is 10.2 Å². The third-order valence-electron chi connectivity index (χ3n) is 4.03. The summed E-state index contributed by atoms with van der Waals surface area (Å²) in [6.45, 7) is 4.93. The van der Waals surface area contributed by atoms with Crippen LogP contribution in [0.15, 0.2) is 24.3 Å². The molecule has 1 saturated heterocycles. The average molecular weight is 355 g/mol. The van der Waals surface area contributed by atoms with Crippen LogP contribution in [-0.4, -0.2) is 63.2 Å². The normalized spacial score (nSPS) is 17.2. The Morgan fingerprint density at radius 3 is 2.50 bits per heavy atom. The van der Waals surface area contributed by atoms with E-state index in [1.807, 2.05) is 26.1 Å². The molecule has 0 aliphatic carbocycles. The predicted molar refractivity (Wildman–Crippen MR) is 92.0 cm³/mol. The fraction of sp³-hybridized carbons (Fsp3) is 0.529. The highest BCUT2D eigenvalue weighted by molar-refractivity contribution is 6.30. The quantitative estimate of drug-likeness (QED) is 0.749. The highest BCUT2D eigenvalue weighted by atomic mass is 35.5. The second-order valence-corrected chi connectivity index (χ2v) is 6.58. The Hall–Kier alpha value is -1.63. The maximum absolute atomic E-state index is 12.2. The Kier molecular flexibility index (Phi) is 7.02. The number of rotatable bonds is 6. The molecule has 2 rings (SSSR count). The molecule has 0 bridgehead atoms. The van der Waals surface area contributed by atoms with E-state index in [0.717, 1.165) is 10.5 Å². The first-order valence-corrected chi connectivity index (χ1v) is 8.55. The Labute approximate surface area is 147 Å². The minimum absolute atomic E-state index is 0.0642. The summed E-state index contributed by atoms with van der Waals surface area (Å²) >= 11 is 5.87. The molecule has 132 valence electrons. The zero-order valence-corrected chi connectivity index (χ0v) is 14.9. The number of morpholine rings is 1. The van der Waals surface area contributed by atoms with Crippen LogP contribution in [0.25, 0.3) is 0 Å². The van der Waals surface area contributed by atoms with Crippen LogP contribution in [0.4, 0.5) is 0 Å². The van der Waals surface area contributed by atoms with Crippen LogP contribution in [-0.2, 0) is 14.3 Å². The lowest BCUT2D eigenvalue weighted by Gasteiger charge is -2.27. The van der Waals surface area contributed by atoms with Crippen molar-refractivity contribution in [3.05, 3.63) is 34.9 Å². The van der Waals surface area contributed by atoms with E-state index in [0.29, 0.717) is 37.9 Å². The van der Waals surface area contributed by atoms with E-state index in [1.165, 1.54) is 0 Å². The van der Waals surface area contributed by atoms with Crippen molar-refractivity contribution in [1.29, 1.82) is 0 Å². The molecule has 6 nitrogen and oxygen atoms in total. The summed E-state index contributed by atoms with van der Waals surface area (Å²) in [5, 5.41) is 3.62. The summed E-state index contributed by atoms with van der Waals surface area (Å²) in [4.78, 5) is 27.0. The summed E-state index contributed by atoms with van der Waals surface area (Å²) in [5.74, 6) is -0.0147. The highest BCUT2D eigenvalue weighted by Crippen LogP contribution is 2.15. The Balaban J connectivity index is 1.76. The maximum Gasteiger partial charge on any atom is 0.277 e. The molecule has 0 aromatic heterocycles. The molecule has 1 fully saturated rings. The van der Waals surface area contributed by atoms with Crippen LogP contribution in [0, 0.1) is 0 Å². The zero-order valence-electron chi connectivity index (χ0n) is 14.2. The molecule has 1 aliphatic heterocycles.